The maximum atomic E-state index is 6.08. The third kappa shape index (κ3) is 3.75. The molecule has 0 saturated carbocycles. The summed E-state index contributed by atoms with van der Waals surface area (Å²) in [6.45, 7) is 6.40. The SMILES string of the molecule is CC(C)CNCCc1nnc(-c2sccc2Cl)s1. The first-order chi connectivity index (χ1) is 8.66. The normalized spacial score (nSPS) is 11.3. The third-order valence-corrected chi connectivity index (χ3v) is 4.82. The molecule has 2 heterocycles. The highest BCUT2D eigenvalue weighted by molar-refractivity contribution is 7.21. The van der Waals surface area contributed by atoms with Gasteiger partial charge in [0.1, 0.15) is 5.01 Å². The average molecular weight is 302 g/mol. The molecule has 0 aliphatic carbocycles. The highest BCUT2D eigenvalue weighted by Gasteiger charge is 2.11. The Morgan fingerprint density at radius 3 is 2.89 bits per heavy atom. The van der Waals surface area contributed by atoms with Gasteiger partial charge in [-0.2, -0.15) is 0 Å². The van der Waals surface area contributed by atoms with E-state index < -0.39 is 0 Å². The van der Waals surface area contributed by atoms with Gasteiger partial charge in [0, 0.05) is 13.0 Å². The molecule has 0 fully saturated rings. The van der Waals surface area contributed by atoms with Crippen LogP contribution in [0.15, 0.2) is 11.4 Å². The van der Waals surface area contributed by atoms with Crippen LogP contribution < -0.4 is 5.32 Å². The van der Waals surface area contributed by atoms with E-state index in [-0.39, 0.29) is 0 Å². The van der Waals surface area contributed by atoms with E-state index in [2.05, 4.69) is 29.4 Å². The van der Waals surface area contributed by atoms with Crippen LogP contribution in [0, 0.1) is 5.92 Å². The second-order valence-corrected chi connectivity index (χ2v) is 6.83. The lowest BCUT2D eigenvalue weighted by molar-refractivity contribution is 0.553. The van der Waals surface area contributed by atoms with Crippen LogP contribution in [0.4, 0.5) is 0 Å². The second kappa shape index (κ2) is 6.61. The summed E-state index contributed by atoms with van der Waals surface area (Å²) in [6.07, 6.45) is 0.924. The summed E-state index contributed by atoms with van der Waals surface area (Å²) >= 11 is 9.32. The number of halogens is 1. The molecule has 0 aliphatic heterocycles. The molecule has 0 aromatic carbocycles. The average Bonchev–Trinajstić information content (AvgIpc) is 2.92. The molecule has 6 heteroatoms. The summed E-state index contributed by atoms with van der Waals surface area (Å²) in [7, 11) is 0. The van der Waals surface area contributed by atoms with Crippen molar-refractivity contribution < 1.29 is 0 Å². The van der Waals surface area contributed by atoms with Crippen molar-refractivity contribution in [3.05, 3.63) is 21.5 Å². The van der Waals surface area contributed by atoms with Crippen LogP contribution in [-0.4, -0.2) is 23.3 Å². The quantitative estimate of drug-likeness (QED) is 0.827. The van der Waals surface area contributed by atoms with Crippen LogP contribution in [0.25, 0.3) is 9.88 Å². The Balaban J connectivity index is 1.89. The van der Waals surface area contributed by atoms with E-state index in [4.69, 9.17) is 11.6 Å². The number of hydrogen-bond donors (Lipinski definition) is 1. The Hall–Kier alpha value is -0.490. The lowest BCUT2D eigenvalue weighted by Gasteiger charge is -2.04. The van der Waals surface area contributed by atoms with E-state index in [1.165, 1.54) is 0 Å². The summed E-state index contributed by atoms with van der Waals surface area (Å²) in [5.41, 5.74) is 0. The summed E-state index contributed by atoms with van der Waals surface area (Å²) in [6, 6.07) is 1.90. The number of nitrogens with one attached hydrogen (secondary N) is 1. The molecule has 18 heavy (non-hydrogen) atoms. The van der Waals surface area contributed by atoms with E-state index in [0.29, 0.717) is 5.92 Å². The van der Waals surface area contributed by atoms with E-state index in [1.54, 1.807) is 22.7 Å². The lowest BCUT2D eigenvalue weighted by Crippen LogP contribution is -2.22. The van der Waals surface area contributed by atoms with Gasteiger partial charge in [0.25, 0.3) is 0 Å². The molecule has 98 valence electrons. The molecule has 0 unspecified atom stereocenters. The van der Waals surface area contributed by atoms with Crippen molar-refractivity contribution >= 4 is 34.3 Å². The van der Waals surface area contributed by atoms with Crippen molar-refractivity contribution in [3.8, 4) is 9.88 Å². The molecule has 0 bridgehead atoms. The van der Waals surface area contributed by atoms with Crippen LogP contribution in [0.5, 0.6) is 0 Å². The highest BCUT2D eigenvalue weighted by Crippen LogP contribution is 2.34. The summed E-state index contributed by atoms with van der Waals surface area (Å²) in [4.78, 5) is 1.02. The van der Waals surface area contributed by atoms with Gasteiger partial charge < -0.3 is 5.32 Å². The molecule has 2 aromatic rings. The molecule has 0 radical (unpaired) electrons. The van der Waals surface area contributed by atoms with Gasteiger partial charge in [0.05, 0.1) is 9.90 Å². The van der Waals surface area contributed by atoms with Crippen molar-refractivity contribution in [2.45, 2.75) is 20.3 Å². The summed E-state index contributed by atoms with van der Waals surface area (Å²) < 4.78 is 0. The largest absolute Gasteiger partial charge is 0.316 e. The molecule has 3 nitrogen and oxygen atoms in total. The van der Waals surface area contributed by atoms with Crippen molar-refractivity contribution in [2.75, 3.05) is 13.1 Å². The number of hydrogen-bond acceptors (Lipinski definition) is 5. The van der Waals surface area contributed by atoms with Crippen molar-refractivity contribution in [1.82, 2.24) is 15.5 Å². The Bertz CT molecular complexity index is 493. The molecular weight excluding hydrogens is 286 g/mol. The first kappa shape index (κ1) is 13.9. The van der Waals surface area contributed by atoms with Crippen LogP contribution in [0.3, 0.4) is 0 Å². The number of rotatable bonds is 6. The molecular formula is C12H16ClN3S2. The maximum absolute atomic E-state index is 6.08. The molecule has 0 spiro atoms. The fourth-order valence-electron chi connectivity index (χ4n) is 1.48. The van der Waals surface area contributed by atoms with E-state index >= 15 is 0 Å². The van der Waals surface area contributed by atoms with E-state index in [0.717, 1.165) is 39.4 Å². The zero-order valence-corrected chi connectivity index (χ0v) is 12.8. The standard InChI is InChI=1S/C12H16ClN3S2/c1-8(2)7-14-5-3-10-15-16-12(18-10)11-9(13)4-6-17-11/h4,6,8,14H,3,5,7H2,1-2H3. The van der Waals surface area contributed by atoms with Crippen molar-refractivity contribution in [1.29, 1.82) is 0 Å². The van der Waals surface area contributed by atoms with Gasteiger partial charge in [-0.1, -0.05) is 36.8 Å². The lowest BCUT2D eigenvalue weighted by atomic mass is 10.2. The van der Waals surface area contributed by atoms with Gasteiger partial charge in [-0.3, -0.25) is 0 Å². The van der Waals surface area contributed by atoms with Crippen molar-refractivity contribution in [3.63, 3.8) is 0 Å². The predicted molar refractivity (Wildman–Crippen MR) is 79.6 cm³/mol. The molecule has 2 aromatic heterocycles. The highest BCUT2D eigenvalue weighted by atomic mass is 35.5. The molecule has 1 N–H and O–H groups in total. The Kier molecular flexibility index (Phi) is 5.12. The minimum atomic E-state index is 0.680. The van der Waals surface area contributed by atoms with Gasteiger partial charge in [-0.05, 0) is 23.9 Å². The minimum Gasteiger partial charge on any atom is -0.316 e. The zero-order valence-electron chi connectivity index (χ0n) is 10.4. The molecule has 0 amide bonds. The molecule has 0 aliphatic rings. The zero-order chi connectivity index (χ0) is 13.0. The van der Waals surface area contributed by atoms with Crippen LogP contribution in [0.1, 0.15) is 18.9 Å². The summed E-state index contributed by atoms with van der Waals surface area (Å²) in [5, 5.41) is 16.5. The maximum Gasteiger partial charge on any atom is 0.159 e. The number of nitrogens with zero attached hydrogens (tertiary/aromatic N) is 2. The first-order valence-corrected chi connectivity index (χ1v) is 8.00. The topological polar surface area (TPSA) is 37.8 Å². The Labute approximate surface area is 120 Å². The van der Waals surface area contributed by atoms with Gasteiger partial charge in [0.15, 0.2) is 5.01 Å². The van der Waals surface area contributed by atoms with Crippen LogP contribution >= 0.6 is 34.3 Å². The predicted octanol–water partition coefficient (Wildman–Crippen LogP) is 3.71. The molecule has 0 saturated heterocycles. The fraction of sp³-hybridized carbons (Fsp3) is 0.500. The minimum absolute atomic E-state index is 0.680. The van der Waals surface area contributed by atoms with Gasteiger partial charge in [0.2, 0.25) is 0 Å². The summed E-state index contributed by atoms with van der Waals surface area (Å²) in [5.74, 6) is 0.680. The van der Waals surface area contributed by atoms with Gasteiger partial charge in [-0.15, -0.1) is 21.5 Å². The number of aromatic nitrogens is 2. The van der Waals surface area contributed by atoms with Crippen LogP contribution in [-0.2, 0) is 6.42 Å². The first-order valence-electron chi connectivity index (χ1n) is 5.93. The molecule has 2 rings (SSSR count). The fourth-order valence-corrected chi connectivity index (χ4v) is 3.62. The van der Waals surface area contributed by atoms with Gasteiger partial charge in [-0.25, -0.2) is 0 Å². The molecule has 0 atom stereocenters. The Morgan fingerprint density at radius 1 is 1.39 bits per heavy atom. The smallest absolute Gasteiger partial charge is 0.159 e. The van der Waals surface area contributed by atoms with E-state index in [9.17, 15) is 0 Å². The monoisotopic (exact) mass is 301 g/mol. The van der Waals surface area contributed by atoms with Crippen molar-refractivity contribution in [2.24, 2.45) is 5.92 Å². The third-order valence-electron chi connectivity index (χ3n) is 2.35. The van der Waals surface area contributed by atoms with Crippen LogP contribution in [0.2, 0.25) is 5.02 Å². The Morgan fingerprint density at radius 2 is 2.22 bits per heavy atom. The van der Waals surface area contributed by atoms with E-state index in [1.807, 2.05) is 11.4 Å². The second-order valence-electron chi connectivity index (χ2n) is 4.45. The number of thiophene rings is 1. The van der Waals surface area contributed by atoms with Gasteiger partial charge >= 0.3 is 0 Å².